The van der Waals surface area contributed by atoms with Gasteiger partial charge in [-0.1, -0.05) is 19.1 Å². The number of ether oxygens (including phenoxy) is 1. The van der Waals surface area contributed by atoms with E-state index < -0.39 is 5.41 Å². The first-order valence-electron chi connectivity index (χ1n) is 6.63. The number of nitrogens with zero attached hydrogens (tertiary/aromatic N) is 1. The number of hydrogen-bond acceptors (Lipinski definition) is 3. The Balaban J connectivity index is 2.21. The van der Waals surface area contributed by atoms with Crippen LogP contribution in [0.2, 0.25) is 0 Å². The fourth-order valence-electron chi connectivity index (χ4n) is 2.86. The van der Waals surface area contributed by atoms with Gasteiger partial charge in [0.1, 0.15) is 5.75 Å². The second kappa shape index (κ2) is 5.40. The Labute approximate surface area is 124 Å². The van der Waals surface area contributed by atoms with E-state index in [2.05, 4.69) is 6.92 Å². The van der Waals surface area contributed by atoms with Crippen LogP contribution < -0.4 is 15.4 Å². The maximum Gasteiger partial charge on any atom is 0.239 e. The average molecular weight is 292 g/mol. The van der Waals surface area contributed by atoms with E-state index in [9.17, 15) is 4.79 Å². The molecule has 5 heteroatoms. The number of amides is 1. The molecule has 1 saturated carbocycles. The molecular weight excluding hydrogens is 272 g/mol. The van der Waals surface area contributed by atoms with Gasteiger partial charge in [0.25, 0.3) is 0 Å². The Morgan fingerprint density at radius 3 is 2.35 bits per heavy atom. The second-order valence-electron chi connectivity index (χ2n) is 5.52. The molecule has 1 aliphatic rings. The molecule has 108 valence electrons. The van der Waals surface area contributed by atoms with Crippen molar-refractivity contribution >= 4 is 28.8 Å². The first-order valence-corrected chi connectivity index (χ1v) is 7.03. The van der Waals surface area contributed by atoms with Crippen LogP contribution >= 0.6 is 12.2 Å². The minimum absolute atomic E-state index is 0.0201. The summed E-state index contributed by atoms with van der Waals surface area (Å²) < 4.78 is 5.12. The molecular formula is C15H20N2O2S. The van der Waals surface area contributed by atoms with Gasteiger partial charge in [0.2, 0.25) is 5.91 Å². The lowest BCUT2D eigenvalue weighted by Gasteiger charge is -2.45. The normalized spacial score (nSPS) is 24.6. The number of hydrogen-bond donors (Lipinski definition) is 1. The van der Waals surface area contributed by atoms with Crippen molar-refractivity contribution in [3.63, 3.8) is 0 Å². The zero-order valence-electron chi connectivity index (χ0n) is 12.1. The number of anilines is 1. The molecule has 1 aliphatic carbocycles. The van der Waals surface area contributed by atoms with E-state index in [-0.39, 0.29) is 5.91 Å². The van der Waals surface area contributed by atoms with Crippen molar-refractivity contribution in [3.05, 3.63) is 24.3 Å². The van der Waals surface area contributed by atoms with Crippen molar-refractivity contribution in [3.8, 4) is 5.75 Å². The second-order valence-corrected chi connectivity index (χ2v) is 5.96. The highest BCUT2D eigenvalue weighted by molar-refractivity contribution is 7.80. The number of thiocarbonyl (C=S) groups is 1. The van der Waals surface area contributed by atoms with Crippen LogP contribution in [0.25, 0.3) is 0 Å². The average Bonchev–Trinajstić information content (AvgIpc) is 2.42. The largest absolute Gasteiger partial charge is 0.497 e. The van der Waals surface area contributed by atoms with E-state index in [4.69, 9.17) is 22.7 Å². The van der Waals surface area contributed by atoms with Gasteiger partial charge in [-0.25, -0.2) is 0 Å². The van der Waals surface area contributed by atoms with Gasteiger partial charge in [-0.05, 0) is 43.0 Å². The third kappa shape index (κ3) is 2.38. The first-order chi connectivity index (χ1) is 9.40. The summed E-state index contributed by atoms with van der Waals surface area (Å²) in [4.78, 5) is 14.7. The first kappa shape index (κ1) is 14.8. The van der Waals surface area contributed by atoms with Gasteiger partial charge in [-0.15, -0.1) is 0 Å². The SMILES string of the molecule is COc1ccc(N(C)C(=O)C2(C(N)=S)CC(C)C2)cc1. The lowest BCUT2D eigenvalue weighted by Crippen LogP contribution is -2.56. The molecule has 0 saturated heterocycles. The third-order valence-corrected chi connectivity index (χ3v) is 4.43. The van der Waals surface area contributed by atoms with Crippen LogP contribution in [0.5, 0.6) is 5.75 Å². The number of nitrogens with two attached hydrogens (primary N) is 1. The Bertz CT molecular complexity index is 521. The summed E-state index contributed by atoms with van der Waals surface area (Å²) >= 11 is 5.13. The molecule has 2 N–H and O–H groups in total. The quantitative estimate of drug-likeness (QED) is 0.866. The van der Waals surface area contributed by atoms with Gasteiger partial charge in [-0.2, -0.15) is 0 Å². The monoisotopic (exact) mass is 292 g/mol. The summed E-state index contributed by atoms with van der Waals surface area (Å²) in [6.45, 7) is 2.11. The Hall–Kier alpha value is -1.62. The summed E-state index contributed by atoms with van der Waals surface area (Å²) in [6, 6.07) is 7.37. The fourth-order valence-corrected chi connectivity index (χ4v) is 3.11. The topological polar surface area (TPSA) is 55.6 Å². The summed E-state index contributed by atoms with van der Waals surface area (Å²) in [5.41, 5.74) is 5.97. The van der Waals surface area contributed by atoms with E-state index in [0.717, 1.165) is 24.3 Å². The van der Waals surface area contributed by atoms with Gasteiger partial charge in [-0.3, -0.25) is 4.79 Å². The van der Waals surface area contributed by atoms with Gasteiger partial charge in [0.15, 0.2) is 0 Å². The molecule has 1 aromatic carbocycles. The third-order valence-electron chi connectivity index (χ3n) is 4.04. The molecule has 0 aliphatic heterocycles. The number of rotatable bonds is 4. The molecule has 1 amide bonds. The summed E-state index contributed by atoms with van der Waals surface area (Å²) in [5, 5.41) is 0. The van der Waals surface area contributed by atoms with E-state index in [1.54, 1.807) is 19.1 Å². The predicted octanol–water partition coefficient (Wildman–Crippen LogP) is 2.36. The van der Waals surface area contributed by atoms with Crippen molar-refractivity contribution < 1.29 is 9.53 Å². The van der Waals surface area contributed by atoms with E-state index in [1.807, 2.05) is 24.3 Å². The molecule has 1 fully saturated rings. The molecule has 0 bridgehead atoms. The predicted molar refractivity (Wildman–Crippen MR) is 84.0 cm³/mol. The van der Waals surface area contributed by atoms with Crippen LogP contribution in [0.3, 0.4) is 0 Å². The van der Waals surface area contributed by atoms with E-state index in [0.29, 0.717) is 10.9 Å². The highest BCUT2D eigenvalue weighted by Gasteiger charge is 2.52. The van der Waals surface area contributed by atoms with E-state index >= 15 is 0 Å². The Morgan fingerprint density at radius 2 is 1.95 bits per heavy atom. The molecule has 0 aromatic heterocycles. The molecule has 0 radical (unpaired) electrons. The van der Waals surface area contributed by atoms with E-state index in [1.165, 1.54) is 0 Å². The Morgan fingerprint density at radius 1 is 1.40 bits per heavy atom. The molecule has 0 atom stereocenters. The number of methoxy groups -OCH3 is 1. The molecule has 0 unspecified atom stereocenters. The van der Waals surface area contributed by atoms with Crippen molar-refractivity contribution in [2.45, 2.75) is 19.8 Å². The maximum atomic E-state index is 12.7. The Kier molecular flexibility index (Phi) is 3.99. The lowest BCUT2D eigenvalue weighted by molar-refractivity contribution is -0.129. The molecule has 2 rings (SSSR count). The smallest absolute Gasteiger partial charge is 0.239 e. The van der Waals surface area contributed by atoms with Gasteiger partial charge >= 0.3 is 0 Å². The van der Waals surface area contributed by atoms with Gasteiger partial charge in [0.05, 0.1) is 17.5 Å². The van der Waals surface area contributed by atoms with Gasteiger partial charge in [0, 0.05) is 12.7 Å². The lowest BCUT2D eigenvalue weighted by atomic mass is 9.61. The van der Waals surface area contributed by atoms with Crippen molar-refractivity contribution in [2.24, 2.45) is 17.1 Å². The molecule has 0 spiro atoms. The van der Waals surface area contributed by atoms with Crippen LogP contribution in [-0.2, 0) is 4.79 Å². The molecule has 4 nitrogen and oxygen atoms in total. The van der Waals surface area contributed by atoms with Crippen LogP contribution in [0, 0.1) is 11.3 Å². The molecule has 20 heavy (non-hydrogen) atoms. The van der Waals surface area contributed by atoms with Crippen molar-refractivity contribution in [1.82, 2.24) is 0 Å². The molecule has 0 heterocycles. The van der Waals surface area contributed by atoms with Crippen LogP contribution in [-0.4, -0.2) is 25.1 Å². The summed E-state index contributed by atoms with van der Waals surface area (Å²) in [5.74, 6) is 1.23. The zero-order valence-corrected chi connectivity index (χ0v) is 12.9. The highest BCUT2D eigenvalue weighted by atomic mass is 32.1. The maximum absolute atomic E-state index is 12.7. The van der Waals surface area contributed by atoms with Crippen molar-refractivity contribution in [2.75, 3.05) is 19.1 Å². The van der Waals surface area contributed by atoms with Crippen molar-refractivity contribution in [1.29, 1.82) is 0 Å². The number of carbonyl (C=O) groups is 1. The van der Waals surface area contributed by atoms with Crippen LogP contribution in [0.4, 0.5) is 5.69 Å². The minimum Gasteiger partial charge on any atom is -0.497 e. The summed E-state index contributed by atoms with van der Waals surface area (Å²) in [6.07, 6.45) is 1.48. The summed E-state index contributed by atoms with van der Waals surface area (Å²) in [7, 11) is 3.37. The minimum atomic E-state index is -0.663. The highest BCUT2D eigenvalue weighted by Crippen LogP contribution is 2.47. The standard InChI is InChI=1S/C15H20N2O2S/c1-10-8-15(9-10,13(16)20)14(18)17(2)11-4-6-12(19-3)7-5-11/h4-7,10H,8-9H2,1-3H3,(H2,16,20). The van der Waals surface area contributed by atoms with Gasteiger partial charge < -0.3 is 15.4 Å². The number of benzene rings is 1. The number of carbonyl (C=O) groups excluding carboxylic acids is 1. The zero-order chi connectivity index (χ0) is 14.9. The fraction of sp³-hybridized carbons (Fsp3) is 0.467. The van der Waals surface area contributed by atoms with Crippen LogP contribution in [0.15, 0.2) is 24.3 Å². The van der Waals surface area contributed by atoms with Crippen LogP contribution in [0.1, 0.15) is 19.8 Å². The molecule has 1 aromatic rings.